The topological polar surface area (TPSA) is 97.4 Å². The monoisotopic (exact) mass is 663 g/mol. The summed E-state index contributed by atoms with van der Waals surface area (Å²) >= 11 is 0. The third-order valence-corrected chi connectivity index (χ3v) is 7.07. The van der Waals surface area contributed by atoms with Gasteiger partial charge in [0.15, 0.2) is 0 Å². The van der Waals surface area contributed by atoms with Crippen LogP contribution in [0.15, 0.2) is 46.4 Å². The molecule has 0 spiro atoms. The highest BCUT2D eigenvalue weighted by Gasteiger charge is 2.34. The van der Waals surface area contributed by atoms with E-state index in [2.05, 4.69) is 15.3 Å². The number of halogens is 9. The summed E-state index contributed by atoms with van der Waals surface area (Å²) in [5.41, 5.74) is -5.34. The zero-order valence-corrected chi connectivity index (χ0v) is 24.9. The number of phenols is 3. The van der Waals surface area contributed by atoms with Gasteiger partial charge in [0.25, 0.3) is 0 Å². The van der Waals surface area contributed by atoms with Crippen LogP contribution < -0.4 is 5.32 Å². The predicted octanol–water partition coefficient (Wildman–Crippen LogP) is 7.87. The quantitative estimate of drug-likeness (QED) is 0.138. The molecule has 250 valence electrons. The highest BCUT2D eigenvalue weighted by molar-refractivity contribution is 5.85. The molecule has 0 aromatic heterocycles. The summed E-state index contributed by atoms with van der Waals surface area (Å²) in [4.78, 5) is 8.24. The fourth-order valence-corrected chi connectivity index (χ4v) is 4.45. The Labute approximate surface area is 258 Å². The van der Waals surface area contributed by atoms with Gasteiger partial charge in [-0.15, -0.1) is 0 Å². The number of aryl methyl sites for hydroxylation is 3. The van der Waals surface area contributed by atoms with Crippen LogP contribution in [0.4, 0.5) is 39.5 Å². The van der Waals surface area contributed by atoms with Crippen LogP contribution >= 0.6 is 0 Å². The number of nitrogens with one attached hydrogen (secondary N) is 1. The van der Waals surface area contributed by atoms with Crippen LogP contribution in [-0.2, 0) is 25.1 Å². The number of rotatable bonds is 9. The minimum atomic E-state index is -4.72. The van der Waals surface area contributed by atoms with Crippen molar-refractivity contribution >= 4 is 12.4 Å². The Bertz CT molecular complexity index is 1560. The molecule has 3 aromatic carbocycles. The van der Waals surface area contributed by atoms with Gasteiger partial charge >= 0.3 is 18.5 Å². The molecule has 0 saturated heterocycles. The first kappa shape index (κ1) is 36.2. The van der Waals surface area contributed by atoms with Crippen LogP contribution in [0.2, 0.25) is 0 Å². The molecule has 0 atom stereocenters. The zero-order chi connectivity index (χ0) is 34.8. The molecule has 0 aliphatic rings. The average molecular weight is 664 g/mol. The molecule has 0 heterocycles. The molecule has 0 bridgehead atoms. The normalized spacial score (nSPS) is 13.3. The summed E-state index contributed by atoms with van der Waals surface area (Å²) in [5.74, 6) is -1.36. The van der Waals surface area contributed by atoms with Crippen LogP contribution in [0.3, 0.4) is 0 Å². The molecule has 3 rings (SSSR count). The second-order valence-electron chi connectivity index (χ2n) is 11.1. The van der Waals surface area contributed by atoms with Crippen molar-refractivity contribution in [3.05, 3.63) is 86.5 Å². The molecule has 0 aliphatic carbocycles. The maximum absolute atomic E-state index is 13.4. The number of hydrogen-bond donors (Lipinski definition) is 4. The van der Waals surface area contributed by atoms with E-state index in [0.717, 1.165) is 36.7 Å². The summed E-state index contributed by atoms with van der Waals surface area (Å²) in [6.45, 7) is 4.27. The van der Waals surface area contributed by atoms with Gasteiger partial charge in [-0.1, -0.05) is 0 Å². The Balaban J connectivity index is 1.98. The molecule has 0 saturated carbocycles. The first-order valence-electron chi connectivity index (χ1n) is 13.5. The lowest BCUT2D eigenvalue weighted by molar-refractivity contribution is -0.138. The molecular formula is C31H30F9N3O3. The summed E-state index contributed by atoms with van der Waals surface area (Å²) < 4.78 is 120. The maximum atomic E-state index is 13.4. The van der Waals surface area contributed by atoms with Gasteiger partial charge < -0.3 is 20.6 Å². The van der Waals surface area contributed by atoms with E-state index in [4.69, 9.17) is 0 Å². The van der Waals surface area contributed by atoms with Crippen molar-refractivity contribution in [1.82, 2.24) is 5.32 Å². The summed E-state index contributed by atoms with van der Waals surface area (Å²) in [7, 11) is 0. The zero-order valence-electron chi connectivity index (χ0n) is 24.9. The summed E-state index contributed by atoms with van der Waals surface area (Å²) in [5, 5.41) is 33.9. The standard InChI is InChI=1S/C31H30F9N3O3/c1-16-5-22(29(32,33)34)8-19(25(16)44)11-41-14-28(4,43-13-21-10-24(31(38,39)40)7-18(3)27(21)46)15-42-12-20-9-23(30(35,36)37)6-17(2)26(20)45/h5-12,43-46H,13-15H2,1-4H3/b41-11+,42-12+. The van der Waals surface area contributed by atoms with E-state index in [0.29, 0.717) is 12.1 Å². The minimum absolute atomic E-state index is 0.0600. The lowest BCUT2D eigenvalue weighted by atomic mass is 9.99. The number of hydrogen-bond acceptors (Lipinski definition) is 6. The second kappa shape index (κ2) is 13.2. The fraction of sp³-hybridized carbons (Fsp3) is 0.355. The van der Waals surface area contributed by atoms with Crippen LogP contribution in [-0.4, -0.2) is 46.4 Å². The SMILES string of the molecule is Cc1cc(C(F)(F)F)cc(/C=N/CC(C)(C/N=C/c2cc(C(F)(F)F)cc(C)c2O)NCc2cc(C(F)(F)F)cc(C)c2O)c1O. The fourth-order valence-electron chi connectivity index (χ4n) is 4.45. The molecule has 0 radical (unpaired) electrons. The van der Waals surface area contributed by atoms with Crippen molar-refractivity contribution in [3.63, 3.8) is 0 Å². The van der Waals surface area contributed by atoms with Gasteiger partial charge in [0.05, 0.1) is 35.3 Å². The van der Waals surface area contributed by atoms with Crippen molar-refractivity contribution in [3.8, 4) is 17.2 Å². The number of benzene rings is 3. The molecule has 15 heteroatoms. The molecule has 3 aromatic rings. The molecule has 0 aliphatic heterocycles. The Morgan fingerprint density at radius 1 is 0.587 bits per heavy atom. The van der Waals surface area contributed by atoms with Crippen LogP contribution in [0.1, 0.15) is 57.0 Å². The first-order valence-corrected chi connectivity index (χ1v) is 13.5. The summed E-state index contributed by atoms with van der Waals surface area (Å²) in [6, 6.07) is 4.35. The maximum Gasteiger partial charge on any atom is 0.416 e. The lowest BCUT2D eigenvalue weighted by Gasteiger charge is -2.28. The van der Waals surface area contributed by atoms with Crippen LogP contribution in [0, 0.1) is 20.8 Å². The minimum Gasteiger partial charge on any atom is -0.507 e. The average Bonchev–Trinajstić information content (AvgIpc) is 2.92. The molecule has 46 heavy (non-hydrogen) atoms. The third kappa shape index (κ3) is 8.92. The van der Waals surface area contributed by atoms with Crippen LogP contribution in [0.5, 0.6) is 17.2 Å². The van der Waals surface area contributed by atoms with Gasteiger partial charge in [-0.25, -0.2) is 0 Å². The predicted molar refractivity (Wildman–Crippen MR) is 154 cm³/mol. The smallest absolute Gasteiger partial charge is 0.416 e. The molecular weight excluding hydrogens is 633 g/mol. The Morgan fingerprint density at radius 2 is 0.935 bits per heavy atom. The first-order chi connectivity index (χ1) is 21.0. The van der Waals surface area contributed by atoms with E-state index >= 15 is 0 Å². The van der Waals surface area contributed by atoms with E-state index in [9.17, 15) is 54.8 Å². The van der Waals surface area contributed by atoms with E-state index < -0.39 is 58.0 Å². The molecule has 0 unspecified atom stereocenters. The molecule has 0 fully saturated rings. The van der Waals surface area contributed by atoms with Crippen molar-refractivity contribution in [2.75, 3.05) is 13.1 Å². The van der Waals surface area contributed by atoms with Crippen LogP contribution in [0.25, 0.3) is 0 Å². The van der Waals surface area contributed by atoms with E-state index in [-0.39, 0.29) is 53.0 Å². The van der Waals surface area contributed by atoms with Crippen molar-refractivity contribution in [2.24, 2.45) is 9.98 Å². The molecule has 6 nitrogen and oxygen atoms in total. The van der Waals surface area contributed by atoms with Gasteiger partial charge in [0.2, 0.25) is 0 Å². The van der Waals surface area contributed by atoms with Crippen molar-refractivity contribution < 1.29 is 54.8 Å². The number of alkyl halides is 9. The van der Waals surface area contributed by atoms with E-state index in [1.807, 2.05) is 0 Å². The highest BCUT2D eigenvalue weighted by Crippen LogP contribution is 2.36. The van der Waals surface area contributed by atoms with E-state index in [1.165, 1.54) is 27.7 Å². The number of phenolic OH excluding ortho intramolecular Hbond substituents is 3. The van der Waals surface area contributed by atoms with E-state index in [1.54, 1.807) is 0 Å². The largest absolute Gasteiger partial charge is 0.507 e. The van der Waals surface area contributed by atoms with Gasteiger partial charge in [-0.05, 0) is 80.8 Å². The lowest BCUT2D eigenvalue weighted by Crippen LogP contribution is -2.47. The molecule has 4 N–H and O–H groups in total. The number of nitrogens with zero attached hydrogens (tertiary/aromatic N) is 2. The number of aliphatic imine (C=N–C) groups is 2. The second-order valence-corrected chi connectivity index (χ2v) is 11.1. The van der Waals surface area contributed by atoms with Gasteiger partial charge in [-0.2, -0.15) is 39.5 Å². The Hall–Kier alpha value is -4.27. The van der Waals surface area contributed by atoms with Gasteiger partial charge in [-0.3, -0.25) is 9.98 Å². The third-order valence-electron chi connectivity index (χ3n) is 7.07. The number of aromatic hydroxyl groups is 3. The summed E-state index contributed by atoms with van der Waals surface area (Å²) in [6.07, 6.45) is -12.2. The van der Waals surface area contributed by atoms with Gasteiger partial charge in [0.1, 0.15) is 17.2 Å². The Morgan fingerprint density at radius 3 is 1.30 bits per heavy atom. The van der Waals surface area contributed by atoms with Crippen molar-refractivity contribution in [1.29, 1.82) is 0 Å². The Kier molecular flexibility index (Phi) is 10.4. The van der Waals surface area contributed by atoms with Gasteiger partial charge in [0, 0.05) is 35.7 Å². The highest BCUT2D eigenvalue weighted by atomic mass is 19.4. The molecule has 0 amide bonds. The van der Waals surface area contributed by atoms with Crippen molar-refractivity contribution in [2.45, 2.75) is 58.3 Å².